The summed E-state index contributed by atoms with van der Waals surface area (Å²) in [5.41, 5.74) is 2.33. The lowest BCUT2D eigenvalue weighted by Crippen LogP contribution is -2.25. The normalized spacial score (nSPS) is 16.2. The number of carbonyl (C=O) groups excluding carboxylic acids is 1. The van der Waals surface area contributed by atoms with Crippen molar-refractivity contribution in [1.29, 1.82) is 0 Å². The lowest BCUT2D eigenvalue weighted by molar-refractivity contribution is -0.286. The average Bonchev–Trinajstić information content (AvgIpc) is 3.52. The van der Waals surface area contributed by atoms with Crippen LogP contribution >= 0.6 is 15.9 Å². The maximum atomic E-state index is 13.3. The zero-order valence-electron chi connectivity index (χ0n) is 19.4. The maximum Gasteiger partial charge on any atom is 0.586 e. The van der Waals surface area contributed by atoms with E-state index in [1.807, 2.05) is 7.05 Å². The Hall–Kier alpha value is -3.38. The second-order valence-electron chi connectivity index (χ2n) is 8.48. The van der Waals surface area contributed by atoms with Gasteiger partial charge in [-0.25, -0.2) is 4.79 Å². The number of nitrogens with zero attached hydrogens (tertiary/aromatic N) is 3. The van der Waals surface area contributed by atoms with E-state index < -0.39 is 12.3 Å². The van der Waals surface area contributed by atoms with E-state index in [0.29, 0.717) is 18.0 Å². The summed E-state index contributed by atoms with van der Waals surface area (Å²) in [6.07, 6.45) is 0.403. The molecule has 2 N–H and O–H groups in total. The van der Waals surface area contributed by atoms with Gasteiger partial charge in [-0.2, -0.15) is 5.10 Å². The summed E-state index contributed by atoms with van der Waals surface area (Å²) in [7, 11) is 1.82. The second kappa shape index (κ2) is 9.94. The van der Waals surface area contributed by atoms with Gasteiger partial charge in [-0.15, -0.1) is 8.78 Å². The highest BCUT2D eigenvalue weighted by atomic mass is 79.9. The number of halogens is 3. The van der Waals surface area contributed by atoms with Crippen LogP contribution in [0.2, 0.25) is 0 Å². The van der Waals surface area contributed by atoms with Gasteiger partial charge >= 0.3 is 12.3 Å². The number of nitrogens with one attached hydrogen (secondary N) is 2. The molecule has 2 aliphatic heterocycles. The number of anilines is 2. The van der Waals surface area contributed by atoms with Crippen molar-refractivity contribution >= 4 is 33.3 Å². The second-order valence-corrected chi connectivity index (χ2v) is 9.34. The fraction of sp³-hybridized carbons (Fsp3) is 0.333. The van der Waals surface area contributed by atoms with E-state index in [1.165, 1.54) is 31.0 Å². The first-order valence-corrected chi connectivity index (χ1v) is 12.2. The molecule has 1 aromatic heterocycles. The van der Waals surface area contributed by atoms with E-state index in [0.717, 1.165) is 35.4 Å². The minimum absolute atomic E-state index is 0.0994. The van der Waals surface area contributed by atoms with E-state index in [-0.39, 0.29) is 17.2 Å². The molecule has 12 heteroatoms. The molecule has 2 amide bonds. The summed E-state index contributed by atoms with van der Waals surface area (Å²) in [6.45, 7) is 3.56. The summed E-state index contributed by atoms with van der Waals surface area (Å²) in [4.78, 5) is 15.0. The zero-order chi connectivity index (χ0) is 25.3. The number of rotatable bonds is 7. The van der Waals surface area contributed by atoms with Gasteiger partial charge < -0.3 is 24.8 Å². The number of ether oxygens (including phenoxy) is 3. The molecule has 0 spiro atoms. The van der Waals surface area contributed by atoms with Crippen LogP contribution in [0.3, 0.4) is 0 Å². The number of likely N-dealkylation sites (tertiary alicyclic amines) is 1. The number of amides is 2. The van der Waals surface area contributed by atoms with Gasteiger partial charge in [-0.3, -0.25) is 9.58 Å². The smallest absolute Gasteiger partial charge is 0.492 e. The Morgan fingerprint density at radius 2 is 1.81 bits per heavy atom. The van der Waals surface area contributed by atoms with Gasteiger partial charge in [0, 0.05) is 36.6 Å². The van der Waals surface area contributed by atoms with Crippen molar-refractivity contribution in [2.45, 2.75) is 19.1 Å². The molecule has 0 bridgehead atoms. The third-order valence-corrected chi connectivity index (χ3v) is 6.49. The number of carbonyl (C=O) groups is 1. The van der Waals surface area contributed by atoms with Crippen molar-refractivity contribution in [2.75, 3.05) is 36.9 Å². The van der Waals surface area contributed by atoms with Crippen LogP contribution in [0.1, 0.15) is 12.8 Å². The van der Waals surface area contributed by atoms with Gasteiger partial charge in [0.15, 0.2) is 11.5 Å². The molecular formula is C24H24BrF2N5O4. The summed E-state index contributed by atoms with van der Waals surface area (Å²) < 4.78 is 44.0. The summed E-state index contributed by atoms with van der Waals surface area (Å²) in [5.74, 6) is 0.412. The Labute approximate surface area is 214 Å². The fourth-order valence-corrected chi connectivity index (χ4v) is 4.81. The third-order valence-electron chi connectivity index (χ3n) is 5.91. The molecule has 3 heterocycles. The van der Waals surface area contributed by atoms with Gasteiger partial charge in [0.25, 0.3) is 0 Å². The lowest BCUT2D eigenvalue weighted by atomic mass is 10.1. The summed E-state index contributed by atoms with van der Waals surface area (Å²) in [5, 5.41) is 9.67. The van der Waals surface area contributed by atoms with Crippen molar-refractivity contribution in [2.24, 2.45) is 7.05 Å². The number of aryl methyl sites for hydroxylation is 1. The minimum Gasteiger partial charge on any atom is -0.492 e. The molecule has 9 nitrogen and oxygen atoms in total. The highest BCUT2D eigenvalue weighted by Crippen LogP contribution is 2.42. The van der Waals surface area contributed by atoms with E-state index in [1.54, 1.807) is 29.1 Å². The molecule has 1 saturated heterocycles. The molecule has 2 aromatic carbocycles. The van der Waals surface area contributed by atoms with Gasteiger partial charge in [-0.1, -0.05) is 0 Å². The number of hydrogen-bond acceptors (Lipinski definition) is 6. The monoisotopic (exact) mass is 563 g/mol. The van der Waals surface area contributed by atoms with Crippen molar-refractivity contribution in [1.82, 2.24) is 14.7 Å². The van der Waals surface area contributed by atoms with Crippen LogP contribution in [0.25, 0.3) is 11.3 Å². The van der Waals surface area contributed by atoms with Crippen LogP contribution in [0.4, 0.5) is 25.0 Å². The van der Waals surface area contributed by atoms with E-state index in [9.17, 15) is 13.6 Å². The third kappa shape index (κ3) is 5.39. The number of alkyl halides is 2. The fourth-order valence-electron chi connectivity index (χ4n) is 4.24. The lowest BCUT2D eigenvalue weighted by Gasteiger charge is -2.18. The quantitative estimate of drug-likeness (QED) is 0.406. The summed E-state index contributed by atoms with van der Waals surface area (Å²) >= 11 is 3.54. The largest absolute Gasteiger partial charge is 0.586 e. The van der Waals surface area contributed by atoms with Crippen molar-refractivity contribution in [3.8, 4) is 28.5 Å². The first-order chi connectivity index (χ1) is 17.3. The Morgan fingerprint density at radius 1 is 1.11 bits per heavy atom. The number of aromatic nitrogens is 2. The van der Waals surface area contributed by atoms with Crippen LogP contribution in [0.15, 0.2) is 47.1 Å². The van der Waals surface area contributed by atoms with E-state index in [2.05, 4.69) is 46.0 Å². The van der Waals surface area contributed by atoms with Crippen LogP contribution in [-0.2, 0) is 7.05 Å². The highest BCUT2D eigenvalue weighted by Gasteiger charge is 2.43. The maximum absolute atomic E-state index is 13.3. The molecule has 5 rings (SSSR count). The number of hydrogen-bond donors (Lipinski definition) is 2. The van der Waals surface area contributed by atoms with Crippen LogP contribution in [0, 0.1) is 0 Å². The van der Waals surface area contributed by atoms with Crippen molar-refractivity contribution < 1.29 is 27.8 Å². The van der Waals surface area contributed by atoms with Crippen LogP contribution < -0.4 is 24.8 Å². The molecule has 0 unspecified atom stereocenters. The molecule has 0 atom stereocenters. The van der Waals surface area contributed by atoms with Gasteiger partial charge in [0.1, 0.15) is 12.4 Å². The average molecular weight is 564 g/mol. The molecule has 0 saturated carbocycles. The van der Waals surface area contributed by atoms with Crippen LogP contribution in [-0.4, -0.2) is 53.2 Å². The highest BCUT2D eigenvalue weighted by molar-refractivity contribution is 9.10. The topological polar surface area (TPSA) is 89.9 Å². The molecule has 36 heavy (non-hydrogen) atoms. The molecule has 0 radical (unpaired) electrons. The first-order valence-electron chi connectivity index (χ1n) is 11.4. The van der Waals surface area contributed by atoms with E-state index >= 15 is 0 Å². The molecule has 3 aromatic rings. The predicted octanol–water partition coefficient (Wildman–Crippen LogP) is 5.29. The number of benzene rings is 2. The first kappa shape index (κ1) is 24.3. The summed E-state index contributed by atoms with van der Waals surface area (Å²) in [6, 6.07) is 8.79. The zero-order valence-corrected chi connectivity index (χ0v) is 21.0. The van der Waals surface area contributed by atoms with Crippen LogP contribution in [0.5, 0.6) is 17.2 Å². The minimum atomic E-state index is -3.72. The standard InChI is InChI=1S/C24H24BrF2N5O4/c1-31-22(18(25)14-28-31)17-12-15(4-6-19(17)34-11-10-32-8-2-3-9-32)29-23(33)30-16-5-7-20-21(13-16)36-24(26,27)35-20/h4-7,12-14H,2-3,8-11H2,1H3,(H2,29,30,33). The number of fused-ring (bicyclic) bond motifs is 1. The SMILES string of the molecule is Cn1ncc(Br)c1-c1cc(NC(=O)Nc2ccc3c(c2)OC(F)(F)O3)ccc1OCCN1CCCC1. The molecule has 2 aliphatic rings. The Kier molecular flexibility index (Phi) is 6.71. The molecule has 190 valence electrons. The number of urea groups is 1. The molecule has 1 fully saturated rings. The van der Waals surface area contributed by atoms with Crippen molar-refractivity contribution in [3.05, 3.63) is 47.1 Å². The molecule has 0 aliphatic carbocycles. The Morgan fingerprint density at radius 3 is 2.53 bits per heavy atom. The van der Waals surface area contributed by atoms with Crippen molar-refractivity contribution in [3.63, 3.8) is 0 Å². The van der Waals surface area contributed by atoms with E-state index in [4.69, 9.17) is 4.74 Å². The Balaban J connectivity index is 1.31. The Bertz CT molecular complexity index is 1260. The van der Waals surface area contributed by atoms with Gasteiger partial charge in [0.05, 0.1) is 16.4 Å². The van der Waals surface area contributed by atoms with Gasteiger partial charge in [-0.05, 0) is 72.2 Å². The molecular weight excluding hydrogens is 540 g/mol. The van der Waals surface area contributed by atoms with Gasteiger partial charge in [0.2, 0.25) is 0 Å². The predicted molar refractivity (Wildman–Crippen MR) is 133 cm³/mol.